The van der Waals surface area contributed by atoms with Crippen LogP contribution in [0.3, 0.4) is 0 Å². The van der Waals surface area contributed by atoms with Crippen LogP contribution in [-0.2, 0) is 0 Å². The molecule has 0 aliphatic carbocycles. The Morgan fingerprint density at radius 2 is 2.27 bits per heavy atom. The highest BCUT2D eigenvalue weighted by Crippen LogP contribution is 2.00. The SMILES string of the molecule is O=Cc1cc(BO)ccc1F. The second kappa shape index (κ2) is 3.30. The summed E-state index contributed by atoms with van der Waals surface area (Å²) in [5.74, 6) is -0.558. The predicted molar refractivity (Wildman–Crippen MR) is 40.8 cm³/mol. The fraction of sp³-hybridized carbons (Fsp3) is 0. The van der Waals surface area contributed by atoms with Crippen LogP contribution in [0.25, 0.3) is 0 Å². The van der Waals surface area contributed by atoms with Gasteiger partial charge in [-0.15, -0.1) is 0 Å². The van der Waals surface area contributed by atoms with Crippen molar-refractivity contribution in [2.75, 3.05) is 0 Å². The summed E-state index contributed by atoms with van der Waals surface area (Å²) in [6.45, 7) is 0. The van der Waals surface area contributed by atoms with Crippen molar-refractivity contribution < 1.29 is 14.2 Å². The molecule has 1 N–H and O–H groups in total. The van der Waals surface area contributed by atoms with Gasteiger partial charge in [0.1, 0.15) is 5.82 Å². The van der Waals surface area contributed by atoms with Gasteiger partial charge in [0.25, 0.3) is 0 Å². The minimum absolute atomic E-state index is 0.0171. The molecule has 4 heteroatoms. The Bertz CT molecular complexity index is 275. The van der Waals surface area contributed by atoms with Crippen molar-refractivity contribution in [2.45, 2.75) is 0 Å². The minimum Gasteiger partial charge on any atom is -0.449 e. The van der Waals surface area contributed by atoms with E-state index in [1.54, 1.807) is 0 Å². The van der Waals surface area contributed by atoms with Gasteiger partial charge in [-0.25, -0.2) is 4.39 Å². The third kappa shape index (κ3) is 1.65. The van der Waals surface area contributed by atoms with E-state index in [0.29, 0.717) is 11.7 Å². The average molecular weight is 152 g/mol. The van der Waals surface area contributed by atoms with Crippen molar-refractivity contribution in [3.05, 3.63) is 29.6 Å². The largest absolute Gasteiger partial charge is 0.449 e. The van der Waals surface area contributed by atoms with Gasteiger partial charge >= 0.3 is 7.48 Å². The first kappa shape index (κ1) is 7.95. The van der Waals surface area contributed by atoms with E-state index >= 15 is 0 Å². The number of benzene rings is 1. The Labute approximate surface area is 63.9 Å². The van der Waals surface area contributed by atoms with Crippen LogP contribution >= 0.6 is 0 Å². The van der Waals surface area contributed by atoms with Crippen LogP contribution in [-0.4, -0.2) is 18.8 Å². The number of carbonyl (C=O) groups is 1. The molecule has 0 fully saturated rings. The van der Waals surface area contributed by atoms with E-state index in [9.17, 15) is 9.18 Å². The molecule has 56 valence electrons. The van der Waals surface area contributed by atoms with Crippen LogP contribution in [0.1, 0.15) is 10.4 Å². The molecule has 0 radical (unpaired) electrons. The zero-order valence-corrected chi connectivity index (χ0v) is 5.75. The topological polar surface area (TPSA) is 37.3 Å². The summed E-state index contributed by atoms with van der Waals surface area (Å²) >= 11 is 0. The van der Waals surface area contributed by atoms with Gasteiger partial charge in [-0.05, 0) is 6.07 Å². The Balaban J connectivity index is 3.12. The van der Waals surface area contributed by atoms with E-state index in [0.717, 1.165) is 6.07 Å². The number of hydrogen-bond acceptors (Lipinski definition) is 2. The molecule has 0 heterocycles. The lowest BCUT2D eigenvalue weighted by Gasteiger charge is -1.96. The third-order valence-electron chi connectivity index (χ3n) is 1.37. The van der Waals surface area contributed by atoms with Gasteiger partial charge in [0.05, 0.1) is 0 Å². The first-order valence-corrected chi connectivity index (χ1v) is 3.12. The summed E-state index contributed by atoms with van der Waals surface area (Å²) in [5, 5.41) is 8.61. The zero-order valence-electron chi connectivity index (χ0n) is 5.75. The van der Waals surface area contributed by atoms with Gasteiger partial charge in [0.15, 0.2) is 6.29 Å². The number of rotatable bonds is 2. The highest BCUT2D eigenvalue weighted by molar-refractivity contribution is 6.45. The average Bonchev–Trinajstić information content (AvgIpc) is 2.05. The summed E-state index contributed by atoms with van der Waals surface area (Å²) < 4.78 is 12.6. The summed E-state index contributed by atoms with van der Waals surface area (Å²) in [7, 11) is -0.179. The number of carbonyl (C=O) groups excluding carboxylic acids is 1. The van der Waals surface area contributed by atoms with Crippen LogP contribution in [0.5, 0.6) is 0 Å². The molecule has 2 nitrogen and oxygen atoms in total. The summed E-state index contributed by atoms with van der Waals surface area (Å²) in [6, 6.07) is 3.92. The number of hydrogen-bond donors (Lipinski definition) is 1. The van der Waals surface area contributed by atoms with Gasteiger partial charge < -0.3 is 5.02 Å². The van der Waals surface area contributed by atoms with E-state index < -0.39 is 5.82 Å². The maximum atomic E-state index is 12.6. The molecule has 1 aromatic carbocycles. The molecule has 0 unspecified atom stereocenters. The molecule has 0 saturated heterocycles. The van der Waals surface area contributed by atoms with Crippen LogP contribution in [0.2, 0.25) is 0 Å². The maximum Gasteiger partial charge on any atom is 0.304 e. The highest BCUT2D eigenvalue weighted by atomic mass is 19.1. The summed E-state index contributed by atoms with van der Waals surface area (Å²) in [6.07, 6.45) is 0.425. The van der Waals surface area contributed by atoms with Crippen molar-refractivity contribution in [3.8, 4) is 0 Å². The fourth-order valence-corrected chi connectivity index (χ4v) is 0.782. The Kier molecular flexibility index (Phi) is 2.38. The predicted octanol–water partition coefficient (Wildman–Crippen LogP) is -0.393. The van der Waals surface area contributed by atoms with Crippen LogP contribution in [0, 0.1) is 5.82 Å². The lowest BCUT2D eigenvalue weighted by molar-refractivity contribution is 0.112. The third-order valence-corrected chi connectivity index (χ3v) is 1.37. The van der Waals surface area contributed by atoms with Crippen molar-refractivity contribution in [1.82, 2.24) is 0 Å². The van der Waals surface area contributed by atoms with E-state index in [-0.39, 0.29) is 13.0 Å². The molecule has 0 atom stereocenters. The van der Waals surface area contributed by atoms with Gasteiger partial charge in [-0.3, -0.25) is 4.79 Å². The minimum atomic E-state index is -0.558. The lowest BCUT2D eigenvalue weighted by Crippen LogP contribution is -2.14. The van der Waals surface area contributed by atoms with E-state index in [4.69, 9.17) is 5.02 Å². The first-order valence-electron chi connectivity index (χ1n) is 3.12. The first-order chi connectivity index (χ1) is 5.27. The van der Waals surface area contributed by atoms with Crippen molar-refractivity contribution in [3.63, 3.8) is 0 Å². The Hall–Kier alpha value is -1.16. The quantitative estimate of drug-likeness (QED) is 0.462. The molecule has 1 rings (SSSR count). The van der Waals surface area contributed by atoms with Gasteiger partial charge in [-0.1, -0.05) is 17.6 Å². The van der Waals surface area contributed by atoms with Crippen molar-refractivity contribution in [2.24, 2.45) is 0 Å². The molecule has 0 spiro atoms. The molecular formula is C7H6BFO2. The van der Waals surface area contributed by atoms with Crippen LogP contribution < -0.4 is 5.46 Å². The van der Waals surface area contributed by atoms with Crippen LogP contribution in [0.15, 0.2) is 18.2 Å². The smallest absolute Gasteiger partial charge is 0.304 e. The Morgan fingerprint density at radius 1 is 1.55 bits per heavy atom. The molecule has 0 saturated carbocycles. The van der Waals surface area contributed by atoms with Crippen LogP contribution in [0.4, 0.5) is 4.39 Å². The molecular weight excluding hydrogens is 146 g/mol. The second-order valence-corrected chi connectivity index (χ2v) is 2.13. The van der Waals surface area contributed by atoms with Gasteiger partial charge in [0, 0.05) is 5.56 Å². The monoisotopic (exact) mass is 152 g/mol. The van der Waals surface area contributed by atoms with Gasteiger partial charge in [0.2, 0.25) is 0 Å². The lowest BCUT2D eigenvalue weighted by atomic mass is 9.88. The fourth-order valence-electron chi connectivity index (χ4n) is 0.782. The van der Waals surface area contributed by atoms with Gasteiger partial charge in [-0.2, -0.15) is 0 Å². The molecule has 0 amide bonds. The summed E-state index contributed by atoms with van der Waals surface area (Å²) in [5.41, 5.74) is 0.519. The molecule has 0 aromatic heterocycles. The molecule has 11 heavy (non-hydrogen) atoms. The molecule has 0 bridgehead atoms. The zero-order chi connectivity index (χ0) is 8.27. The van der Waals surface area contributed by atoms with Crippen molar-refractivity contribution >= 4 is 19.2 Å². The highest BCUT2D eigenvalue weighted by Gasteiger charge is 2.01. The molecule has 1 aromatic rings. The number of halogens is 1. The van der Waals surface area contributed by atoms with Crippen molar-refractivity contribution in [1.29, 1.82) is 0 Å². The summed E-state index contributed by atoms with van der Waals surface area (Å²) in [4.78, 5) is 10.2. The van der Waals surface area contributed by atoms with E-state index in [1.807, 2.05) is 0 Å². The molecule has 0 aliphatic rings. The standard InChI is InChI=1S/C7H6BFO2/c9-7-2-1-6(8-11)3-5(7)4-10/h1-4,8,11H. The second-order valence-electron chi connectivity index (χ2n) is 2.13. The maximum absolute atomic E-state index is 12.6. The normalized spacial score (nSPS) is 9.27. The van der Waals surface area contributed by atoms with E-state index in [2.05, 4.69) is 0 Å². The molecule has 0 aliphatic heterocycles. The Morgan fingerprint density at radius 3 is 2.82 bits per heavy atom. The number of aldehydes is 1. The van der Waals surface area contributed by atoms with E-state index in [1.165, 1.54) is 12.1 Å².